The number of aromatic amines is 1. The average molecular weight is 426 g/mol. The molecular weight excluding hydrogens is 410 g/mol. The summed E-state index contributed by atoms with van der Waals surface area (Å²) in [6.45, 7) is 2.41. The first-order valence-electron chi connectivity index (χ1n) is 8.18. The van der Waals surface area contributed by atoms with Crippen molar-refractivity contribution in [3.05, 3.63) is 62.6 Å². The Labute approximate surface area is 164 Å². The number of nitriles is 1. The molecule has 0 aliphatic rings. The molecule has 0 aliphatic carbocycles. The van der Waals surface area contributed by atoms with Crippen LogP contribution in [0.25, 0.3) is 22.6 Å². The molecule has 0 atom stereocenters. The van der Waals surface area contributed by atoms with Crippen LogP contribution in [0.5, 0.6) is 11.5 Å². The molecule has 0 aliphatic heterocycles. The Morgan fingerprint density at radius 3 is 2.81 bits per heavy atom. The Morgan fingerprint density at radius 1 is 1.30 bits per heavy atom. The molecule has 1 N–H and O–H groups in total. The normalized spacial score (nSPS) is 11.3. The summed E-state index contributed by atoms with van der Waals surface area (Å²) in [5.41, 5.74) is 1.18. The van der Waals surface area contributed by atoms with Crippen LogP contribution in [0, 0.1) is 11.3 Å². The Morgan fingerprint density at radius 2 is 2.11 bits per heavy atom. The monoisotopic (exact) mass is 425 g/mol. The van der Waals surface area contributed by atoms with Gasteiger partial charge in [-0.3, -0.25) is 4.79 Å². The summed E-state index contributed by atoms with van der Waals surface area (Å²) in [6.07, 6.45) is 1.64. The van der Waals surface area contributed by atoms with Crippen molar-refractivity contribution in [1.29, 1.82) is 5.26 Å². The second-order valence-corrected chi connectivity index (χ2v) is 6.50. The minimum Gasteiger partial charge on any atom is -0.493 e. The van der Waals surface area contributed by atoms with Gasteiger partial charge in [0, 0.05) is 4.47 Å². The highest BCUT2D eigenvalue weighted by molar-refractivity contribution is 9.10. The van der Waals surface area contributed by atoms with Gasteiger partial charge in [0.1, 0.15) is 6.07 Å². The second kappa shape index (κ2) is 8.06. The van der Waals surface area contributed by atoms with Gasteiger partial charge in [0.25, 0.3) is 5.56 Å². The van der Waals surface area contributed by atoms with Gasteiger partial charge >= 0.3 is 0 Å². The number of nitrogens with zero attached hydrogens (tertiary/aromatic N) is 2. The topological polar surface area (TPSA) is 88.0 Å². The van der Waals surface area contributed by atoms with Crippen LogP contribution < -0.4 is 15.0 Å². The van der Waals surface area contributed by atoms with Crippen LogP contribution in [0.4, 0.5) is 0 Å². The lowest BCUT2D eigenvalue weighted by molar-refractivity contribution is 0.311. The average Bonchev–Trinajstić information content (AvgIpc) is 2.67. The van der Waals surface area contributed by atoms with Gasteiger partial charge < -0.3 is 14.5 Å². The number of benzene rings is 2. The number of nitrogens with one attached hydrogen (secondary N) is 1. The second-order valence-electron chi connectivity index (χ2n) is 5.59. The molecule has 2 aromatic carbocycles. The predicted molar refractivity (Wildman–Crippen MR) is 108 cm³/mol. The van der Waals surface area contributed by atoms with E-state index < -0.39 is 0 Å². The maximum atomic E-state index is 12.4. The number of methoxy groups -OCH3 is 1. The van der Waals surface area contributed by atoms with Gasteiger partial charge in [-0.15, -0.1) is 0 Å². The lowest BCUT2D eigenvalue weighted by Gasteiger charge is -2.10. The van der Waals surface area contributed by atoms with Gasteiger partial charge in [0.2, 0.25) is 0 Å². The molecule has 136 valence electrons. The van der Waals surface area contributed by atoms with E-state index in [0.717, 1.165) is 10.0 Å². The summed E-state index contributed by atoms with van der Waals surface area (Å²) in [5.74, 6) is 1.40. The van der Waals surface area contributed by atoms with Crippen molar-refractivity contribution < 1.29 is 9.47 Å². The summed E-state index contributed by atoms with van der Waals surface area (Å²) in [6, 6.07) is 12.7. The number of H-pyrrole nitrogens is 1. The van der Waals surface area contributed by atoms with E-state index in [1.165, 1.54) is 0 Å². The lowest BCUT2D eigenvalue weighted by Crippen LogP contribution is -2.11. The first kappa shape index (κ1) is 18.7. The zero-order valence-electron chi connectivity index (χ0n) is 14.7. The van der Waals surface area contributed by atoms with Crippen molar-refractivity contribution in [2.45, 2.75) is 6.92 Å². The molecule has 0 bridgehead atoms. The standard InChI is InChI=1S/C20H16BrN3O3/c1-3-27-17-7-4-12(9-18(17)26-2)8-13(11-22)19-23-16-6-5-14(21)10-15(16)20(25)24-19/h4-10H,3H2,1-2H3,(H,23,24,25)/b13-8+. The zero-order chi connectivity index (χ0) is 19.4. The maximum Gasteiger partial charge on any atom is 0.259 e. The van der Waals surface area contributed by atoms with E-state index in [0.29, 0.717) is 29.0 Å². The molecule has 0 fully saturated rings. The van der Waals surface area contributed by atoms with Crippen LogP contribution in [0.2, 0.25) is 0 Å². The van der Waals surface area contributed by atoms with Crippen LogP contribution in [0.1, 0.15) is 18.3 Å². The fraction of sp³-hybridized carbons (Fsp3) is 0.150. The van der Waals surface area contributed by atoms with E-state index in [1.54, 1.807) is 49.6 Å². The number of ether oxygens (including phenoxy) is 2. The quantitative estimate of drug-likeness (QED) is 0.620. The van der Waals surface area contributed by atoms with Gasteiger partial charge in [0.05, 0.1) is 30.2 Å². The Kier molecular flexibility index (Phi) is 5.57. The van der Waals surface area contributed by atoms with Crippen molar-refractivity contribution in [1.82, 2.24) is 9.97 Å². The zero-order valence-corrected chi connectivity index (χ0v) is 16.3. The highest BCUT2D eigenvalue weighted by atomic mass is 79.9. The van der Waals surface area contributed by atoms with E-state index in [1.807, 2.05) is 6.92 Å². The molecule has 6 nitrogen and oxygen atoms in total. The largest absolute Gasteiger partial charge is 0.493 e. The van der Waals surface area contributed by atoms with Gasteiger partial charge in [-0.2, -0.15) is 5.26 Å². The number of rotatable bonds is 5. The maximum absolute atomic E-state index is 12.4. The molecule has 0 unspecified atom stereocenters. The minimum atomic E-state index is -0.304. The summed E-state index contributed by atoms with van der Waals surface area (Å²) in [5, 5.41) is 10.0. The Bertz CT molecular complexity index is 1130. The first-order valence-corrected chi connectivity index (χ1v) is 8.97. The highest BCUT2D eigenvalue weighted by Crippen LogP contribution is 2.29. The number of hydrogen-bond acceptors (Lipinski definition) is 5. The summed E-state index contributed by atoms with van der Waals surface area (Å²) >= 11 is 3.34. The third kappa shape index (κ3) is 4.01. The Hall–Kier alpha value is -3.11. The Balaban J connectivity index is 2.07. The van der Waals surface area contributed by atoms with Crippen LogP contribution in [0.3, 0.4) is 0 Å². The molecule has 1 heterocycles. The summed E-state index contributed by atoms with van der Waals surface area (Å²) in [7, 11) is 1.55. The van der Waals surface area contributed by atoms with Crippen molar-refractivity contribution in [2.24, 2.45) is 0 Å². The first-order chi connectivity index (χ1) is 13.0. The fourth-order valence-corrected chi connectivity index (χ4v) is 2.97. The number of halogens is 1. The number of allylic oxidation sites excluding steroid dienone is 1. The summed E-state index contributed by atoms with van der Waals surface area (Å²) < 4.78 is 11.6. The SMILES string of the molecule is CCOc1ccc(/C=C(\C#N)c2nc3ccc(Br)cc3c(=O)[nH]2)cc1OC. The molecule has 27 heavy (non-hydrogen) atoms. The molecule has 1 aromatic heterocycles. The van der Waals surface area contributed by atoms with E-state index in [9.17, 15) is 10.1 Å². The van der Waals surface area contributed by atoms with E-state index in [-0.39, 0.29) is 17.0 Å². The molecule has 3 rings (SSSR count). The van der Waals surface area contributed by atoms with Crippen molar-refractivity contribution in [3.8, 4) is 17.6 Å². The van der Waals surface area contributed by atoms with Crippen molar-refractivity contribution in [2.75, 3.05) is 13.7 Å². The van der Waals surface area contributed by atoms with Gasteiger partial charge in [0.15, 0.2) is 17.3 Å². The molecular formula is C20H16BrN3O3. The molecule has 0 saturated carbocycles. The molecule has 0 saturated heterocycles. The fourth-order valence-electron chi connectivity index (χ4n) is 2.61. The number of aromatic nitrogens is 2. The van der Waals surface area contributed by atoms with Gasteiger partial charge in [-0.25, -0.2) is 4.98 Å². The van der Waals surface area contributed by atoms with Crippen LogP contribution in [-0.4, -0.2) is 23.7 Å². The molecule has 0 amide bonds. The molecule has 3 aromatic rings. The van der Waals surface area contributed by atoms with Crippen LogP contribution >= 0.6 is 15.9 Å². The highest BCUT2D eigenvalue weighted by Gasteiger charge is 2.10. The van der Waals surface area contributed by atoms with E-state index >= 15 is 0 Å². The summed E-state index contributed by atoms with van der Waals surface area (Å²) in [4.78, 5) is 19.4. The van der Waals surface area contributed by atoms with Gasteiger partial charge in [-0.1, -0.05) is 22.0 Å². The molecule has 0 spiro atoms. The van der Waals surface area contributed by atoms with Crippen LogP contribution in [-0.2, 0) is 0 Å². The smallest absolute Gasteiger partial charge is 0.259 e. The third-order valence-corrected chi connectivity index (χ3v) is 4.33. The number of hydrogen-bond donors (Lipinski definition) is 1. The van der Waals surface area contributed by atoms with Gasteiger partial charge in [-0.05, 0) is 48.9 Å². The number of fused-ring (bicyclic) bond motifs is 1. The molecule has 0 radical (unpaired) electrons. The minimum absolute atomic E-state index is 0.213. The van der Waals surface area contributed by atoms with Crippen molar-refractivity contribution in [3.63, 3.8) is 0 Å². The molecule has 7 heteroatoms. The van der Waals surface area contributed by atoms with Crippen LogP contribution in [0.15, 0.2) is 45.7 Å². The lowest BCUT2D eigenvalue weighted by atomic mass is 10.1. The van der Waals surface area contributed by atoms with E-state index in [2.05, 4.69) is 32.0 Å². The predicted octanol–water partition coefficient (Wildman–Crippen LogP) is 4.16. The van der Waals surface area contributed by atoms with E-state index in [4.69, 9.17) is 9.47 Å². The van der Waals surface area contributed by atoms with Crippen molar-refractivity contribution >= 4 is 38.5 Å². The third-order valence-electron chi connectivity index (χ3n) is 3.84.